The molecule has 0 atom stereocenters. The third-order valence-corrected chi connectivity index (χ3v) is 0. The van der Waals surface area contributed by atoms with Crippen molar-refractivity contribution in [3.63, 3.8) is 0 Å². The fraction of sp³-hybridized carbons (Fsp3) is 1.00. The fourth-order valence-corrected chi connectivity index (χ4v) is 0. The van der Waals surface area contributed by atoms with E-state index in [1.807, 2.05) is 0 Å². The summed E-state index contributed by atoms with van der Waals surface area (Å²) in [7, 11) is 4.50. The first-order valence-electron chi connectivity index (χ1n) is 0.577. The van der Waals surface area contributed by atoms with Gasteiger partial charge in [-0.15, -0.1) is 0 Å². The van der Waals surface area contributed by atoms with Gasteiger partial charge in [-0.3, -0.25) is 6.82 Å². The van der Waals surface area contributed by atoms with E-state index in [2.05, 4.69) is 7.85 Å². The van der Waals surface area contributed by atoms with Gasteiger partial charge in [0, 0.05) is 0 Å². The van der Waals surface area contributed by atoms with Crippen LogP contribution in [-0.2, 0) is 0 Å². The molecule has 0 aromatic carbocycles. The predicted molar refractivity (Wildman–Crippen MR) is 11.6 cm³/mol. The Kier molecular flexibility index (Phi) is 62.3. The van der Waals surface area contributed by atoms with E-state index >= 15 is 0 Å². The second-order valence-electron chi connectivity index (χ2n) is 0. The molecule has 3 heteroatoms. The SMILES string of the molecule is [B-]C.[Rb+].[Rb+]. The molecule has 0 aromatic rings. The minimum atomic E-state index is 0. The summed E-state index contributed by atoms with van der Waals surface area (Å²) in [5.41, 5.74) is 0. The van der Waals surface area contributed by atoms with Gasteiger partial charge in [-0.1, -0.05) is 0 Å². The van der Waals surface area contributed by atoms with Crippen LogP contribution in [0.25, 0.3) is 0 Å². The number of rotatable bonds is 0. The van der Waals surface area contributed by atoms with Crippen molar-refractivity contribution in [3.05, 3.63) is 0 Å². The van der Waals surface area contributed by atoms with Crippen LogP contribution in [0.4, 0.5) is 0 Å². The van der Waals surface area contributed by atoms with Gasteiger partial charge in [0.1, 0.15) is 0 Å². The molecule has 0 saturated heterocycles. The molecule has 0 spiro atoms. The zero-order chi connectivity index (χ0) is 2.00. The molecule has 0 aliphatic carbocycles. The summed E-state index contributed by atoms with van der Waals surface area (Å²) in [5, 5.41) is 0. The van der Waals surface area contributed by atoms with Gasteiger partial charge >= 0.3 is 116 Å². The molecule has 0 unspecified atom stereocenters. The van der Waals surface area contributed by atoms with Gasteiger partial charge in [0.15, 0.2) is 0 Å². The smallest absolute Gasteiger partial charge is 0.631 e. The molecule has 0 saturated carbocycles. The Morgan fingerprint density at radius 1 is 1.00 bits per heavy atom. The van der Waals surface area contributed by atoms with E-state index in [4.69, 9.17) is 0 Å². The Bertz CT molecular complexity index is 6.00. The van der Waals surface area contributed by atoms with Crippen molar-refractivity contribution in [2.24, 2.45) is 0 Å². The fourth-order valence-electron chi connectivity index (χ4n) is 0. The van der Waals surface area contributed by atoms with Crippen LogP contribution in [0.2, 0.25) is 6.82 Å². The van der Waals surface area contributed by atoms with E-state index in [-0.39, 0.29) is 116 Å². The van der Waals surface area contributed by atoms with E-state index in [9.17, 15) is 0 Å². The predicted octanol–water partition coefficient (Wildman–Crippen LogP) is -5.79. The summed E-state index contributed by atoms with van der Waals surface area (Å²) in [6.45, 7) is 1.50. The monoisotopic (exact) mass is 196 g/mol. The van der Waals surface area contributed by atoms with Crippen molar-refractivity contribution in [2.45, 2.75) is 6.82 Å². The summed E-state index contributed by atoms with van der Waals surface area (Å²) in [5.74, 6) is 0. The van der Waals surface area contributed by atoms with Crippen LogP contribution >= 0.6 is 0 Å². The molecular formula is CH3BRb2+. The van der Waals surface area contributed by atoms with Crippen molar-refractivity contribution >= 4 is 7.85 Å². The molecule has 0 heterocycles. The Morgan fingerprint density at radius 3 is 1.00 bits per heavy atom. The summed E-state index contributed by atoms with van der Waals surface area (Å²) >= 11 is 0. The topological polar surface area (TPSA) is 0 Å². The van der Waals surface area contributed by atoms with Crippen LogP contribution in [0.15, 0.2) is 0 Å². The summed E-state index contributed by atoms with van der Waals surface area (Å²) < 4.78 is 0. The van der Waals surface area contributed by atoms with Crippen LogP contribution in [0.3, 0.4) is 0 Å². The maximum Gasteiger partial charge on any atom is 1.00 e. The normalized spacial score (nSPS) is 1.50. The van der Waals surface area contributed by atoms with Crippen LogP contribution in [0.5, 0.6) is 0 Å². The Balaban J connectivity index is -0.00000000500. The van der Waals surface area contributed by atoms with E-state index in [1.54, 1.807) is 0 Å². The van der Waals surface area contributed by atoms with Crippen LogP contribution < -0.4 is 116 Å². The van der Waals surface area contributed by atoms with Gasteiger partial charge in [0.25, 0.3) is 0 Å². The molecule has 0 aliphatic heterocycles. The van der Waals surface area contributed by atoms with Crippen molar-refractivity contribution in [1.82, 2.24) is 0 Å². The maximum absolute atomic E-state index is 4.50. The second-order valence-corrected chi connectivity index (χ2v) is 0. The number of hydrogen-bond donors (Lipinski definition) is 0. The van der Waals surface area contributed by atoms with E-state index < -0.39 is 0 Å². The van der Waals surface area contributed by atoms with E-state index in [1.165, 1.54) is 6.82 Å². The molecule has 0 aromatic heterocycles. The van der Waals surface area contributed by atoms with Crippen molar-refractivity contribution in [3.8, 4) is 0 Å². The minimum absolute atomic E-state index is 0. The van der Waals surface area contributed by atoms with Crippen LogP contribution in [-0.4, -0.2) is 7.85 Å². The first-order valence-corrected chi connectivity index (χ1v) is 0.577. The van der Waals surface area contributed by atoms with Crippen molar-refractivity contribution in [2.75, 3.05) is 0 Å². The quantitative estimate of drug-likeness (QED) is 0.339. The van der Waals surface area contributed by atoms with Gasteiger partial charge in [-0.25, -0.2) is 0 Å². The van der Waals surface area contributed by atoms with Crippen molar-refractivity contribution < 1.29 is 116 Å². The first-order chi connectivity index (χ1) is 1.00. The summed E-state index contributed by atoms with van der Waals surface area (Å²) in [6.07, 6.45) is 0. The zero-order valence-electron chi connectivity index (χ0n) is 3.58. The first kappa shape index (κ1) is 15.6. The molecule has 0 nitrogen and oxygen atoms in total. The largest absolute Gasteiger partial charge is 1.00 e. The Hall–Kier alpha value is 3.68. The van der Waals surface area contributed by atoms with Crippen LogP contribution in [0, 0.1) is 0 Å². The molecule has 0 amide bonds. The average Bonchev–Trinajstić information content (AvgIpc) is 1.00. The zero-order valence-corrected chi connectivity index (χ0v) is 13.4. The summed E-state index contributed by atoms with van der Waals surface area (Å²) in [6, 6.07) is 0. The molecule has 0 rings (SSSR count). The standard InChI is InChI=1S/CH3B.2Rb/c1-2;;/h1H3;;/q-1;2*+1. The third-order valence-electron chi connectivity index (χ3n) is 0. The summed E-state index contributed by atoms with van der Waals surface area (Å²) in [4.78, 5) is 0. The molecule has 4 heavy (non-hydrogen) atoms. The molecule has 0 N–H and O–H groups in total. The Morgan fingerprint density at radius 2 is 1.00 bits per heavy atom. The maximum atomic E-state index is 4.50. The van der Waals surface area contributed by atoms with Gasteiger partial charge in [-0.05, 0) is 0 Å². The molecule has 0 aliphatic rings. The Labute approximate surface area is 126 Å². The van der Waals surface area contributed by atoms with Gasteiger partial charge < -0.3 is 7.85 Å². The minimum Gasteiger partial charge on any atom is -0.631 e. The molecule has 11 valence electrons. The van der Waals surface area contributed by atoms with Gasteiger partial charge in [0.2, 0.25) is 0 Å². The van der Waals surface area contributed by atoms with Crippen LogP contribution in [0.1, 0.15) is 0 Å². The molecule has 0 bridgehead atoms. The molecule has 3 radical (unpaired) electrons. The third kappa shape index (κ3) is 9.18. The van der Waals surface area contributed by atoms with Gasteiger partial charge in [-0.2, -0.15) is 0 Å². The molecular weight excluding hydrogens is 194 g/mol. The van der Waals surface area contributed by atoms with E-state index in [0.29, 0.717) is 0 Å². The van der Waals surface area contributed by atoms with Crippen molar-refractivity contribution in [1.29, 1.82) is 0 Å². The van der Waals surface area contributed by atoms with E-state index in [0.717, 1.165) is 0 Å². The van der Waals surface area contributed by atoms with Gasteiger partial charge in [0.05, 0.1) is 0 Å². The number of hydrogen-bond acceptors (Lipinski definition) is 0. The average molecular weight is 197 g/mol. The second kappa shape index (κ2) is 15.9. The molecule has 0 fully saturated rings.